The third kappa shape index (κ3) is 2.88. The number of carbonyl (C=O) groups is 1. The Labute approximate surface area is 162 Å². The predicted molar refractivity (Wildman–Crippen MR) is 103 cm³/mol. The lowest BCUT2D eigenvalue weighted by Gasteiger charge is -2.12. The monoisotopic (exact) mass is 402 g/mol. The first-order valence-electron chi connectivity index (χ1n) is 7.80. The second-order valence-electron chi connectivity index (χ2n) is 5.72. The minimum atomic E-state index is -0.388. The summed E-state index contributed by atoms with van der Waals surface area (Å²) >= 11 is 12.0. The van der Waals surface area contributed by atoms with Crippen LogP contribution in [0.1, 0.15) is 10.5 Å². The van der Waals surface area contributed by atoms with Gasteiger partial charge in [-0.05, 0) is 18.2 Å². The van der Waals surface area contributed by atoms with Crippen molar-refractivity contribution in [1.29, 1.82) is 0 Å². The largest absolute Gasteiger partial charge is 0.329 e. The Morgan fingerprint density at radius 3 is 2.78 bits per heavy atom. The lowest BCUT2D eigenvalue weighted by atomic mass is 10.2. The first-order chi connectivity index (χ1) is 13.0. The molecule has 10 heteroatoms. The predicted octanol–water partition coefficient (Wildman–Crippen LogP) is 3.01. The van der Waals surface area contributed by atoms with Crippen LogP contribution in [0.5, 0.6) is 0 Å². The van der Waals surface area contributed by atoms with Gasteiger partial charge in [0.05, 0.1) is 28.9 Å². The molecule has 0 bridgehead atoms. The number of hydrogen-bond acceptors (Lipinski definition) is 4. The van der Waals surface area contributed by atoms with Gasteiger partial charge in [0, 0.05) is 7.05 Å². The van der Waals surface area contributed by atoms with Crippen molar-refractivity contribution in [2.24, 2.45) is 7.05 Å². The summed E-state index contributed by atoms with van der Waals surface area (Å²) in [4.78, 5) is 31.3. The number of aromatic amines is 1. The highest BCUT2D eigenvalue weighted by molar-refractivity contribution is 6.42. The highest BCUT2D eigenvalue weighted by Crippen LogP contribution is 2.27. The molecule has 1 amide bonds. The van der Waals surface area contributed by atoms with Gasteiger partial charge in [-0.25, -0.2) is 9.67 Å². The molecular formula is C17H12Cl2N6O2. The SMILES string of the molecule is Cn1c(C(=O)Nc2ccccc2-n2ncc3c(=O)[nH]cnc32)cc(Cl)c1Cl. The summed E-state index contributed by atoms with van der Waals surface area (Å²) in [5.41, 5.74) is 1.44. The summed E-state index contributed by atoms with van der Waals surface area (Å²) < 4.78 is 2.98. The molecule has 2 N–H and O–H groups in total. The van der Waals surface area contributed by atoms with Crippen LogP contribution in [0.15, 0.2) is 47.7 Å². The van der Waals surface area contributed by atoms with Crippen LogP contribution in [0, 0.1) is 0 Å². The quantitative estimate of drug-likeness (QED) is 0.550. The zero-order valence-corrected chi connectivity index (χ0v) is 15.4. The molecule has 0 unspecified atom stereocenters. The molecule has 1 aromatic carbocycles. The van der Waals surface area contributed by atoms with Gasteiger partial charge in [0.2, 0.25) is 0 Å². The van der Waals surface area contributed by atoms with Crippen molar-refractivity contribution in [2.45, 2.75) is 0 Å². The van der Waals surface area contributed by atoms with Crippen molar-refractivity contribution < 1.29 is 4.79 Å². The number of para-hydroxylation sites is 2. The highest BCUT2D eigenvalue weighted by atomic mass is 35.5. The van der Waals surface area contributed by atoms with Crippen LogP contribution in [0.4, 0.5) is 5.69 Å². The molecule has 0 saturated heterocycles. The van der Waals surface area contributed by atoms with E-state index in [1.54, 1.807) is 31.3 Å². The zero-order valence-electron chi connectivity index (χ0n) is 13.9. The van der Waals surface area contributed by atoms with E-state index in [0.717, 1.165) is 0 Å². The van der Waals surface area contributed by atoms with Crippen LogP contribution in [0.25, 0.3) is 16.7 Å². The number of nitrogens with one attached hydrogen (secondary N) is 2. The average Bonchev–Trinajstić information content (AvgIpc) is 3.20. The van der Waals surface area contributed by atoms with Crippen molar-refractivity contribution >= 4 is 45.8 Å². The minimum absolute atomic E-state index is 0.275. The number of rotatable bonds is 3. The maximum absolute atomic E-state index is 12.7. The molecule has 4 rings (SSSR count). The molecule has 3 heterocycles. The lowest BCUT2D eigenvalue weighted by molar-refractivity contribution is 0.101. The van der Waals surface area contributed by atoms with Crippen LogP contribution >= 0.6 is 23.2 Å². The molecule has 0 atom stereocenters. The third-order valence-electron chi connectivity index (χ3n) is 4.10. The number of nitrogens with zero attached hydrogens (tertiary/aromatic N) is 4. The summed E-state index contributed by atoms with van der Waals surface area (Å²) in [6.07, 6.45) is 2.73. The molecular weight excluding hydrogens is 391 g/mol. The van der Waals surface area contributed by atoms with Crippen LogP contribution in [0.3, 0.4) is 0 Å². The lowest BCUT2D eigenvalue weighted by Crippen LogP contribution is -2.17. The fourth-order valence-corrected chi connectivity index (χ4v) is 3.12. The normalized spacial score (nSPS) is 11.1. The van der Waals surface area contributed by atoms with E-state index in [4.69, 9.17) is 23.2 Å². The Hall–Kier alpha value is -3.10. The molecule has 27 heavy (non-hydrogen) atoms. The Balaban J connectivity index is 1.77. The first-order valence-corrected chi connectivity index (χ1v) is 8.56. The molecule has 4 aromatic rings. The average molecular weight is 403 g/mol. The standard InChI is InChI=1S/C17H12Cl2N6O2/c1-24-13(6-10(18)14(24)19)17(27)23-11-4-2-3-5-12(11)25-15-9(7-22-25)16(26)21-8-20-15/h2-8H,1H3,(H,23,27)(H,20,21,26). The van der Waals surface area contributed by atoms with Gasteiger partial charge >= 0.3 is 0 Å². The van der Waals surface area contributed by atoms with Crippen molar-refractivity contribution in [3.63, 3.8) is 0 Å². The van der Waals surface area contributed by atoms with Crippen molar-refractivity contribution in [2.75, 3.05) is 5.32 Å². The van der Waals surface area contributed by atoms with Gasteiger partial charge in [0.15, 0.2) is 5.65 Å². The number of hydrogen-bond donors (Lipinski definition) is 2. The molecule has 0 spiro atoms. The molecule has 0 saturated carbocycles. The smallest absolute Gasteiger partial charge is 0.272 e. The van der Waals surface area contributed by atoms with Gasteiger partial charge in [0.1, 0.15) is 16.2 Å². The molecule has 8 nitrogen and oxygen atoms in total. The molecule has 3 aromatic heterocycles. The van der Waals surface area contributed by atoms with Gasteiger partial charge in [-0.2, -0.15) is 5.10 Å². The Morgan fingerprint density at radius 1 is 1.26 bits per heavy atom. The van der Waals surface area contributed by atoms with Crippen molar-refractivity contribution in [3.8, 4) is 5.69 Å². The van der Waals surface area contributed by atoms with E-state index in [2.05, 4.69) is 20.4 Å². The summed E-state index contributed by atoms with van der Waals surface area (Å²) in [5, 5.41) is 7.97. The molecule has 0 radical (unpaired) electrons. The fourth-order valence-electron chi connectivity index (χ4n) is 2.74. The molecule has 0 fully saturated rings. The summed E-state index contributed by atoms with van der Waals surface area (Å²) in [6, 6.07) is 8.54. The molecule has 0 aliphatic carbocycles. The number of aromatic nitrogens is 5. The minimum Gasteiger partial charge on any atom is -0.329 e. The van der Waals surface area contributed by atoms with E-state index in [1.165, 1.54) is 27.8 Å². The fraction of sp³-hybridized carbons (Fsp3) is 0.0588. The number of amides is 1. The summed E-state index contributed by atoms with van der Waals surface area (Å²) in [7, 11) is 1.65. The van der Waals surface area contributed by atoms with Gasteiger partial charge < -0.3 is 14.9 Å². The Morgan fingerprint density at radius 2 is 2.04 bits per heavy atom. The number of fused-ring (bicyclic) bond motifs is 1. The molecule has 136 valence electrons. The number of halogens is 2. The molecule has 0 aliphatic rings. The number of carbonyl (C=O) groups excluding carboxylic acids is 1. The van der Waals surface area contributed by atoms with Crippen molar-refractivity contribution in [1.82, 2.24) is 24.3 Å². The second kappa shape index (κ2) is 6.57. The topological polar surface area (TPSA) is 97.6 Å². The van der Waals surface area contributed by atoms with Crippen molar-refractivity contribution in [3.05, 3.63) is 69.1 Å². The zero-order chi connectivity index (χ0) is 19.1. The number of anilines is 1. The molecule has 0 aliphatic heterocycles. The maximum atomic E-state index is 12.7. The van der Waals surface area contributed by atoms with Gasteiger partial charge in [-0.1, -0.05) is 35.3 Å². The van der Waals surface area contributed by atoms with E-state index < -0.39 is 0 Å². The summed E-state index contributed by atoms with van der Waals surface area (Å²) in [6.45, 7) is 0. The van der Waals surface area contributed by atoms with E-state index in [1.807, 2.05) is 0 Å². The third-order valence-corrected chi connectivity index (χ3v) is 4.94. The van der Waals surface area contributed by atoms with Gasteiger partial charge in [-0.3, -0.25) is 9.59 Å². The highest BCUT2D eigenvalue weighted by Gasteiger charge is 2.18. The van der Waals surface area contributed by atoms with E-state index in [0.29, 0.717) is 33.1 Å². The van der Waals surface area contributed by atoms with E-state index in [9.17, 15) is 9.59 Å². The maximum Gasteiger partial charge on any atom is 0.272 e. The van der Waals surface area contributed by atoms with E-state index >= 15 is 0 Å². The van der Waals surface area contributed by atoms with E-state index in [-0.39, 0.29) is 16.6 Å². The second-order valence-corrected chi connectivity index (χ2v) is 6.49. The van der Waals surface area contributed by atoms with Crippen LogP contribution in [-0.2, 0) is 7.05 Å². The van der Waals surface area contributed by atoms with Crippen LogP contribution in [0.2, 0.25) is 10.2 Å². The number of H-pyrrole nitrogens is 1. The van der Waals surface area contributed by atoms with Crippen LogP contribution in [-0.4, -0.2) is 30.2 Å². The van der Waals surface area contributed by atoms with Crippen LogP contribution < -0.4 is 10.9 Å². The summed E-state index contributed by atoms with van der Waals surface area (Å²) in [5.74, 6) is -0.388. The first kappa shape index (κ1) is 17.3. The van der Waals surface area contributed by atoms with Gasteiger partial charge in [-0.15, -0.1) is 0 Å². The Bertz CT molecular complexity index is 1240. The Kier molecular flexibility index (Phi) is 4.21. The van der Waals surface area contributed by atoms with Gasteiger partial charge in [0.25, 0.3) is 11.5 Å². The number of benzene rings is 1.